The van der Waals surface area contributed by atoms with Crippen molar-refractivity contribution in [2.45, 2.75) is 44.1 Å². The minimum absolute atomic E-state index is 0.230. The van der Waals surface area contributed by atoms with Gasteiger partial charge in [0.2, 0.25) is 0 Å². The van der Waals surface area contributed by atoms with Gasteiger partial charge in [-0.05, 0) is 45.3 Å². The lowest BCUT2D eigenvalue weighted by Gasteiger charge is -2.38. The molecule has 0 aromatic carbocycles. The van der Waals surface area contributed by atoms with Crippen molar-refractivity contribution in [2.75, 3.05) is 32.8 Å². The first kappa shape index (κ1) is 16.5. The number of hydrogen-bond donors (Lipinski definition) is 1. The monoisotopic (exact) mass is 310 g/mol. The Balaban J connectivity index is 1.72. The molecule has 2 aliphatic rings. The van der Waals surface area contributed by atoms with Crippen molar-refractivity contribution < 1.29 is 27.8 Å². The second-order valence-electron chi connectivity index (χ2n) is 5.60. The van der Waals surface area contributed by atoms with Crippen molar-refractivity contribution in [1.29, 1.82) is 0 Å². The first-order valence-corrected chi connectivity index (χ1v) is 7.28. The molecule has 2 aliphatic heterocycles. The lowest BCUT2D eigenvalue weighted by Crippen LogP contribution is -2.49. The second kappa shape index (κ2) is 6.93. The lowest BCUT2D eigenvalue weighted by molar-refractivity contribution is -0.325. The molecule has 0 amide bonds. The average Bonchev–Trinajstić information content (AvgIpc) is 2.87. The van der Waals surface area contributed by atoms with E-state index in [2.05, 4.69) is 4.74 Å². The van der Waals surface area contributed by atoms with Gasteiger partial charge in [-0.25, -0.2) is 0 Å². The van der Waals surface area contributed by atoms with Crippen molar-refractivity contribution >= 4 is 5.97 Å². The fourth-order valence-corrected chi connectivity index (χ4v) is 3.26. The molecule has 2 rings (SSSR count). The highest BCUT2D eigenvalue weighted by Crippen LogP contribution is 2.26. The van der Waals surface area contributed by atoms with Gasteiger partial charge in [0.25, 0.3) is 0 Å². The van der Waals surface area contributed by atoms with Crippen LogP contribution >= 0.6 is 0 Å². The van der Waals surface area contributed by atoms with Crippen molar-refractivity contribution in [3.05, 3.63) is 0 Å². The fourth-order valence-electron chi connectivity index (χ4n) is 3.26. The Morgan fingerprint density at radius 1 is 1.19 bits per heavy atom. The zero-order valence-corrected chi connectivity index (χ0v) is 11.8. The summed E-state index contributed by atoms with van der Waals surface area (Å²) in [5.74, 6) is -0.770. The number of carboxylic acid groups (broad SMARTS) is 1. The van der Waals surface area contributed by atoms with Gasteiger partial charge in [0.15, 0.2) is 0 Å². The van der Waals surface area contributed by atoms with Crippen LogP contribution in [0.25, 0.3) is 0 Å². The normalized spacial score (nSPS) is 26.3. The van der Waals surface area contributed by atoms with Gasteiger partial charge in [-0.3, -0.25) is 14.4 Å². The maximum atomic E-state index is 11.9. The van der Waals surface area contributed by atoms with Crippen LogP contribution in [0.1, 0.15) is 25.7 Å². The number of aliphatic carboxylic acids is 1. The van der Waals surface area contributed by atoms with E-state index in [1.165, 1.54) is 0 Å². The molecule has 2 heterocycles. The molecule has 0 aliphatic carbocycles. The molecule has 2 fully saturated rings. The van der Waals surface area contributed by atoms with Gasteiger partial charge in [-0.15, -0.1) is 13.2 Å². The number of alkyl halides is 3. The largest absolute Gasteiger partial charge is 0.522 e. The molecule has 122 valence electrons. The summed E-state index contributed by atoms with van der Waals surface area (Å²) in [5.41, 5.74) is 0. The third-order valence-corrected chi connectivity index (χ3v) is 4.28. The number of rotatable bonds is 5. The summed E-state index contributed by atoms with van der Waals surface area (Å²) in [6.45, 7) is 2.09. The van der Waals surface area contributed by atoms with Crippen LogP contribution in [0.4, 0.5) is 13.2 Å². The number of nitrogens with zero attached hydrogens (tertiary/aromatic N) is 2. The van der Waals surface area contributed by atoms with Crippen LogP contribution in [0.2, 0.25) is 0 Å². The summed E-state index contributed by atoms with van der Waals surface area (Å²) >= 11 is 0. The predicted molar refractivity (Wildman–Crippen MR) is 68.8 cm³/mol. The molecule has 8 heteroatoms. The molecule has 5 nitrogen and oxygen atoms in total. The van der Waals surface area contributed by atoms with E-state index in [9.17, 15) is 23.1 Å². The highest BCUT2D eigenvalue weighted by molar-refractivity contribution is 5.73. The summed E-state index contributed by atoms with van der Waals surface area (Å²) in [6.07, 6.45) is -1.38. The van der Waals surface area contributed by atoms with Gasteiger partial charge >= 0.3 is 12.3 Å². The molecule has 0 saturated carbocycles. The van der Waals surface area contributed by atoms with Crippen LogP contribution in [0, 0.1) is 0 Å². The van der Waals surface area contributed by atoms with Crippen LogP contribution in [-0.2, 0) is 9.53 Å². The maximum Gasteiger partial charge on any atom is 0.522 e. The summed E-state index contributed by atoms with van der Waals surface area (Å²) in [5, 5.41) is 9.18. The van der Waals surface area contributed by atoms with Gasteiger partial charge in [-0.1, -0.05) is 0 Å². The molecule has 0 radical (unpaired) electrons. The van der Waals surface area contributed by atoms with E-state index < -0.39 is 18.4 Å². The first-order valence-electron chi connectivity index (χ1n) is 7.28. The molecule has 1 N–H and O–H groups in total. The third-order valence-electron chi connectivity index (χ3n) is 4.28. The zero-order chi connectivity index (χ0) is 15.5. The number of carbonyl (C=O) groups is 1. The Hall–Kier alpha value is -0.860. The highest BCUT2D eigenvalue weighted by Gasteiger charge is 2.36. The van der Waals surface area contributed by atoms with Gasteiger partial charge in [-0.2, -0.15) is 0 Å². The van der Waals surface area contributed by atoms with Crippen molar-refractivity contribution in [3.63, 3.8) is 0 Å². The van der Waals surface area contributed by atoms with Gasteiger partial charge in [0.1, 0.15) is 6.04 Å². The Bertz CT molecular complexity index is 357. The van der Waals surface area contributed by atoms with Gasteiger partial charge in [0.05, 0.1) is 6.61 Å². The van der Waals surface area contributed by atoms with Crippen LogP contribution in [-0.4, -0.2) is 72.1 Å². The summed E-state index contributed by atoms with van der Waals surface area (Å²) in [7, 11) is 0. The zero-order valence-electron chi connectivity index (χ0n) is 11.8. The minimum atomic E-state index is -4.57. The minimum Gasteiger partial charge on any atom is -0.480 e. The maximum absolute atomic E-state index is 11.9. The van der Waals surface area contributed by atoms with Crippen LogP contribution in [0.3, 0.4) is 0 Å². The van der Waals surface area contributed by atoms with Crippen LogP contribution < -0.4 is 0 Å². The summed E-state index contributed by atoms with van der Waals surface area (Å²) in [4.78, 5) is 15.2. The molecule has 0 aromatic rings. The predicted octanol–water partition coefficient (Wildman–Crippen LogP) is 1.54. The molecular weight excluding hydrogens is 289 g/mol. The number of likely N-dealkylation sites (tertiary alicyclic amines) is 2. The Kier molecular flexibility index (Phi) is 5.45. The average molecular weight is 310 g/mol. The Labute approximate surface area is 121 Å². The van der Waals surface area contributed by atoms with Gasteiger partial charge < -0.3 is 10.0 Å². The Morgan fingerprint density at radius 2 is 1.86 bits per heavy atom. The van der Waals surface area contributed by atoms with Crippen molar-refractivity contribution in [1.82, 2.24) is 9.80 Å². The van der Waals surface area contributed by atoms with E-state index in [-0.39, 0.29) is 19.2 Å². The van der Waals surface area contributed by atoms with E-state index in [0.29, 0.717) is 19.5 Å². The lowest BCUT2D eigenvalue weighted by atomic mass is 10.0. The second-order valence-corrected chi connectivity index (χ2v) is 5.60. The molecule has 0 bridgehead atoms. The Morgan fingerprint density at radius 3 is 2.43 bits per heavy atom. The number of hydrogen-bond acceptors (Lipinski definition) is 4. The number of carboxylic acids is 1. The molecule has 1 unspecified atom stereocenters. The molecule has 2 saturated heterocycles. The summed E-state index contributed by atoms with van der Waals surface area (Å²) < 4.78 is 39.5. The van der Waals surface area contributed by atoms with Crippen molar-refractivity contribution in [3.8, 4) is 0 Å². The molecule has 0 spiro atoms. The topological polar surface area (TPSA) is 53.0 Å². The molecular formula is C13H21F3N2O3. The fraction of sp³-hybridized carbons (Fsp3) is 0.923. The van der Waals surface area contributed by atoms with E-state index in [1.54, 1.807) is 0 Å². The molecule has 1 atom stereocenters. The van der Waals surface area contributed by atoms with E-state index in [0.717, 1.165) is 25.8 Å². The molecule has 0 aromatic heterocycles. The molecule has 21 heavy (non-hydrogen) atoms. The van der Waals surface area contributed by atoms with Crippen molar-refractivity contribution in [2.24, 2.45) is 0 Å². The first-order chi connectivity index (χ1) is 9.87. The van der Waals surface area contributed by atoms with E-state index >= 15 is 0 Å². The van der Waals surface area contributed by atoms with Gasteiger partial charge in [0, 0.05) is 12.6 Å². The third kappa shape index (κ3) is 4.82. The standard InChI is InChI=1S/C13H21F3N2O3/c14-13(15,16)21-9-8-17-6-3-10(4-7-17)18-5-1-2-11(18)12(19)20/h10-11H,1-9H2,(H,19,20). The summed E-state index contributed by atoms with van der Waals surface area (Å²) in [6, 6.07) is -0.163. The highest BCUT2D eigenvalue weighted by atomic mass is 19.4. The SMILES string of the molecule is O=C(O)C1CCCN1C1CCN(CCOC(F)(F)F)CC1. The van der Waals surface area contributed by atoms with E-state index in [4.69, 9.17) is 0 Å². The number of ether oxygens (including phenoxy) is 1. The van der Waals surface area contributed by atoms with Crippen LogP contribution in [0.5, 0.6) is 0 Å². The number of halogens is 3. The smallest absolute Gasteiger partial charge is 0.480 e. The number of piperidine rings is 1. The van der Waals surface area contributed by atoms with E-state index in [1.807, 2.05) is 9.80 Å². The van der Waals surface area contributed by atoms with Crippen LogP contribution in [0.15, 0.2) is 0 Å². The quantitative estimate of drug-likeness (QED) is 0.835.